The highest BCUT2D eigenvalue weighted by atomic mass is 16.1. The fourth-order valence-electron chi connectivity index (χ4n) is 2.55. The van der Waals surface area contributed by atoms with Gasteiger partial charge in [0.2, 0.25) is 0 Å². The SMILES string of the molecule is CC(=O)c1cccc2c1Cc1ccccc1C2=O. The summed E-state index contributed by atoms with van der Waals surface area (Å²) in [4.78, 5) is 24.0. The highest BCUT2D eigenvalue weighted by molar-refractivity contribution is 6.14. The molecule has 0 aliphatic heterocycles. The minimum atomic E-state index is 0.0130. The third kappa shape index (κ3) is 1.50. The molecule has 2 aromatic carbocycles. The van der Waals surface area contributed by atoms with E-state index in [9.17, 15) is 9.59 Å². The van der Waals surface area contributed by atoms with Crippen molar-refractivity contribution < 1.29 is 9.59 Å². The van der Waals surface area contributed by atoms with Gasteiger partial charge in [0.05, 0.1) is 0 Å². The second kappa shape index (κ2) is 3.91. The molecule has 18 heavy (non-hydrogen) atoms. The van der Waals surface area contributed by atoms with E-state index in [0.717, 1.165) is 16.7 Å². The first-order valence-electron chi connectivity index (χ1n) is 5.94. The first-order valence-corrected chi connectivity index (χ1v) is 5.94. The molecule has 0 saturated heterocycles. The topological polar surface area (TPSA) is 34.1 Å². The van der Waals surface area contributed by atoms with Crippen LogP contribution in [0.2, 0.25) is 0 Å². The molecule has 1 aliphatic carbocycles. The number of carbonyl (C=O) groups is 2. The van der Waals surface area contributed by atoms with Gasteiger partial charge in [-0.3, -0.25) is 9.59 Å². The summed E-state index contributed by atoms with van der Waals surface area (Å²) in [5, 5.41) is 0. The lowest BCUT2D eigenvalue weighted by Crippen LogP contribution is -2.17. The molecule has 88 valence electrons. The Balaban J connectivity index is 2.25. The van der Waals surface area contributed by atoms with Crippen LogP contribution in [-0.2, 0) is 6.42 Å². The predicted molar refractivity (Wildman–Crippen MR) is 69.1 cm³/mol. The Hall–Kier alpha value is -2.22. The molecule has 0 atom stereocenters. The predicted octanol–water partition coefficient (Wildman–Crippen LogP) is 3.02. The molecule has 0 bridgehead atoms. The van der Waals surface area contributed by atoms with Crippen molar-refractivity contribution in [2.75, 3.05) is 0 Å². The first kappa shape index (κ1) is 10.9. The first-order chi connectivity index (χ1) is 8.68. The molecule has 0 amide bonds. The van der Waals surface area contributed by atoms with Crippen LogP contribution in [0.3, 0.4) is 0 Å². The molecule has 0 unspecified atom stereocenters. The highest BCUT2D eigenvalue weighted by Gasteiger charge is 2.25. The minimum absolute atomic E-state index is 0.0130. The molecule has 1 aliphatic rings. The summed E-state index contributed by atoms with van der Waals surface area (Å²) < 4.78 is 0. The summed E-state index contributed by atoms with van der Waals surface area (Å²) in [6.45, 7) is 1.54. The van der Waals surface area contributed by atoms with Crippen LogP contribution in [0.15, 0.2) is 42.5 Å². The Bertz CT molecular complexity index is 669. The maximum absolute atomic E-state index is 12.4. The van der Waals surface area contributed by atoms with Crippen molar-refractivity contribution in [3.8, 4) is 0 Å². The fourth-order valence-corrected chi connectivity index (χ4v) is 2.55. The lowest BCUT2D eigenvalue weighted by atomic mass is 9.82. The Morgan fingerprint density at radius 3 is 2.50 bits per heavy atom. The maximum atomic E-state index is 12.4. The molecule has 0 fully saturated rings. The molecule has 0 aromatic heterocycles. The Kier molecular flexibility index (Phi) is 2.37. The zero-order valence-corrected chi connectivity index (χ0v) is 10.1. The van der Waals surface area contributed by atoms with Gasteiger partial charge < -0.3 is 0 Å². The Morgan fingerprint density at radius 1 is 1.00 bits per heavy atom. The van der Waals surface area contributed by atoms with Crippen molar-refractivity contribution >= 4 is 11.6 Å². The van der Waals surface area contributed by atoms with Crippen LogP contribution in [0.25, 0.3) is 0 Å². The van der Waals surface area contributed by atoms with Crippen molar-refractivity contribution in [1.29, 1.82) is 0 Å². The molecule has 0 saturated carbocycles. The second-order valence-corrected chi connectivity index (χ2v) is 4.55. The van der Waals surface area contributed by atoms with Crippen molar-refractivity contribution in [3.63, 3.8) is 0 Å². The molecular weight excluding hydrogens is 224 g/mol. The normalized spacial score (nSPS) is 12.8. The average Bonchev–Trinajstić information content (AvgIpc) is 2.38. The summed E-state index contributed by atoms with van der Waals surface area (Å²) in [6.07, 6.45) is 0.660. The van der Waals surface area contributed by atoms with E-state index in [2.05, 4.69) is 0 Å². The van der Waals surface area contributed by atoms with E-state index in [1.54, 1.807) is 25.1 Å². The van der Waals surface area contributed by atoms with E-state index in [0.29, 0.717) is 17.5 Å². The van der Waals surface area contributed by atoms with Crippen LogP contribution in [-0.4, -0.2) is 11.6 Å². The summed E-state index contributed by atoms with van der Waals surface area (Å²) in [5.74, 6) is 0.0361. The van der Waals surface area contributed by atoms with E-state index in [4.69, 9.17) is 0 Å². The van der Waals surface area contributed by atoms with E-state index in [1.807, 2.05) is 24.3 Å². The molecule has 3 rings (SSSR count). The molecule has 0 spiro atoms. The molecule has 2 aromatic rings. The van der Waals surface area contributed by atoms with Gasteiger partial charge in [-0.2, -0.15) is 0 Å². The summed E-state index contributed by atoms with van der Waals surface area (Å²) in [7, 11) is 0. The highest BCUT2D eigenvalue weighted by Crippen LogP contribution is 2.29. The number of carbonyl (C=O) groups excluding carboxylic acids is 2. The van der Waals surface area contributed by atoms with Crippen LogP contribution in [0.4, 0.5) is 0 Å². The molecule has 2 heteroatoms. The molecule has 2 nitrogen and oxygen atoms in total. The van der Waals surface area contributed by atoms with Gasteiger partial charge in [-0.25, -0.2) is 0 Å². The number of rotatable bonds is 1. The molecular formula is C16H12O2. The Labute approximate surface area is 105 Å². The third-order valence-electron chi connectivity index (χ3n) is 3.43. The number of benzene rings is 2. The molecule has 0 N–H and O–H groups in total. The second-order valence-electron chi connectivity index (χ2n) is 4.55. The standard InChI is InChI=1S/C16H12O2/c1-10(17)12-7-4-8-14-15(12)9-11-5-2-3-6-13(11)16(14)18/h2-8H,9H2,1H3. The van der Waals surface area contributed by atoms with Crippen LogP contribution >= 0.6 is 0 Å². The van der Waals surface area contributed by atoms with Gasteiger partial charge in [0.25, 0.3) is 0 Å². The number of fused-ring (bicyclic) bond motifs is 2. The minimum Gasteiger partial charge on any atom is -0.295 e. The van der Waals surface area contributed by atoms with Gasteiger partial charge in [-0.1, -0.05) is 42.5 Å². The summed E-state index contributed by atoms with van der Waals surface area (Å²) in [6, 6.07) is 13.0. The molecule has 0 radical (unpaired) electrons. The van der Waals surface area contributed by atoms with Crippen LogP contribution < -0.4 is 0 Å². The lowest BCUT2D eigenvalue weighted by Gasteiger charge is -2.20. The number of Topliss-reactive ketones (excluding diaryl/α,β-unsaturated/α-hetero) is 1. The van der Waals surface area contributed by atoms with Gasteiger partial charge in [0.1, 0.15) is 0 Å². The number of hydrogen-bond acceptors (Lipinski definition) is 2. The smallest absolute Gasteiger partial charge is 0.193 e. The fraction of sp³-hybridized carbons (Fsp3) is 0.125. The summed E-state index contributed by atoms with van der Waals surface area (Å²) in [5.41, 5.74) is 3.96. The number of ketones is 2. The lowest BCUT2D eigenvalue weighted by molar-refractivity contribution is 0.101. The quantitative estimate of drug-likeness (QED) is 0.608. The van der Waals surface area contributed by atoms with Crippen molar-refractivity contribution in [2.45, 2.75) is 13.3 Å². The van der Waals surface area contributed by atoms with E-state index in [-0.39, 0.29) is 11.6 Å². The van der Waals surface area contributed by atoms with Gasteiger partial charge in [0.15, 0.2) is 11.6 Å². The van der Waals surface area contributed by atoms with Crippen LogP contribution in [0.5, 0.6) is 0 Å². The van der Waals surface area contributed by atoms with Gasteiger partial charge >= 0.3 is 0 Å². The summed E-state index contributed by atoms with van der Waals surface area (Å²) >= 11 is 0. The maximum Gasteiger partial charge on any atom is 0.193 e. The number of hydrogen-bond donors (Lipinski definition) is 0. The zero-order chi connectivity index (χ0) is 12.7. The van der Waals surface area contributed by atoms with Crippen LogP contribution in [0.1, 0.15) is 44.3 Å². The van der Waals surface area contributed by atoms with Gasteiger partial charge in [-0.05, 0) is 24.5 Å². The molecule has 0 heterocycles. The van der Waals surface area contributed by atoms with E-state index >= 15 is 0 Å². The van der Waals surface area contributed by atoms with E-state index in [1.165, 1.54) is 0 Å². The van der Waals surface area contributed by atoms with Crippen molar-refractivity contribution in [2.24, 2.45) is 0 Å². The zero-order valence-electron chi connectivity index (χ0n) is 10.1. The van der Waals surface area contributed by atoms with Gasteiger partial charge in [0, 0.05) is 16.7 Å². The van der Waals surface area contributed by atoms with Crippen LogP contribution in [0, 0.1) is 0 Å². The average molecular weight is 236 g/mol. The van der Waals surface area contributed by atoms with Crippen molar-refractivity contribution in [3.05, 3.63) is 70.3 Å². The van der Waals surface area contributed by atoms with E-state index < -0.39 is 0 Å². The Morgan fingerprint density at radius 2 is 1.72 bits per heavy atom. The largest absolute Gasteiger partial charge is 0.295 e. The van der Waals surface area contributed by atoms with Gasteiger partial charge in [-0.15, -0.1) is 0 Å². The van der Waals surface area contributed by atoms with Crippen molar-refractivity contribution in [1.82, 2.24) is 0 Å². The monoisotopic (exact) mass is 236 g/mol. The third-order valence-corrected chi connectivity index (χ3v) is 3.43.